The third-order valence-electron chi connectivity index (χ3n) is 1.54. The highest BCUT2D eigenvalue weighted by Crippen LogP contribution is 2.16. The summed E-state index contributed by atoms with van der Waals surface area (Å²) in [5, 5.41) is 0.222. The fourth-order valence-electron chi connectivity index (χ4n) is 1.15. The van der Waals surface area contributed by atoms with Crippen LogP contribution in [0.1, 0.15) is 11.1 Å². The van der Waals surface area contributed by atoms with E-state index >= 15 is 0 Å². The highest BCUT2D eigenvalue weighted by molar-refractivity contribution is 9.09. The van der Waals surface area contributed by atoms with Gasteiger partial charge in [0.25, 0.3) is 0 Å². The number of ether oxygens (including phenoxy) is 1. The Kier molecular flexibility index (Phi) is 3.48. The summed E-state index contributed by atoms with van der Waals surface area (Å²) < 4.78 is 5.04. The summed E-state index contributed by atoms with van der Waals surface area (Å²) in [5.41, 5.74) is 2.19. The number of rotatable bonds is 2. The van der Waals surface area contributed by atoms with E-state index in [0.29, 0.717) is 5.75 Å². The average Bonchev–Trinajstić information content (AvgIpc) is 2.02. The second-order valence-corrected chi connectivity index (χ2v) is 3.49. The van der Waals surface area contributed by atoms with Crippen molar-refractivity contribution in [1.29, 1.82) is 0 Å². The molecule has 0 aliphatic heterocycles. The highest BCUT2D eigenvalue weighted by atomic mass is 79.9. The lowest BCUT2D eigenvalue weighted by atomic mass is 10.1. The molecule has 1 aromatic carbocycles. The molecule has 3 heteroatoms. The zero-order chi connectivity index (χ0) is 9.84. The molecule has 0 aliphatic rings. The fraction of sp³-hybridized carbons (Fsp3) is 0.300. The number of hydrogen-bond acceptors (Lipinski definition) is 2. The van der Waals surface area contributed by atoms with Crippen LogP contribution < -0.4 is 4.74 Å². The molecule has 0 saturated heterocycles. The molecule has 0 aromatic heterocycles. The van der Waals surface area contributed by atoms with Gasteiger partial charge in [-0.15, -0.1) is 0 Å². The minimum Gasteiger partial charge on any atom is -0.426 e. The first-order valence-electron chi connectivity index (χ1n) is 3.97. The third-order valence-corrected chi connectivity index (χ3v) is 1.99. The van der Waals surface area contributed by atoms with Gasteiger partial charge in [-0.1, -0.05) is 22.0 Å². The summed E-state index contributed by atoms with van der Waals surface area (Å²) in [7, 11) is 0. The lowest BCUT2D eigenvalue weighted by molar-refractivity contribution is -0.131. The van der Waals surface area contributed by atoms with E-state index in [-0.39, 0.29) is 11.3 Å². The van der Waals surface area contributed by atoms with Gasteiger partial charge >= 0.3 is 5.97 Å². The van der Waals surface area contributed by atoms with Crippen LogP contribution in [0.25, 0.3) is 0 Å². The Morgan fingerprint density at radius 3 is 2.31 bits per heavy atom. The predicted molar refractivity (Wildman–Crippen MR) is 55.3 cm³/mol. The van der Waals surface area contributed by atoms with Crippen molar-refractivity contribution in [2.45, 2.75) is 13.8 Å². The molecular formula is C10H11BrO2. The minimum atomic E-state index is -0.273. The van der Waals surface area contributed by atoms with Gasteiger partial charge in [-0.3, -0.25) is 4.79 Å². The Labute approximate surface area is 86.0 Å². The molecule has 2 nitrogen and oxygen atoms in total. The van der Waals surface area contributed by atoms with Crippen molar-refractivity contribution < 1.29 is 9.53 Å². The largest absolute Gasteiger partial charge is 0.426 e. The van der Waals surface area contributed by atoms with Crippen LogP contribution in [0.2, 0.25) is 0 Å². The molecule has 1 rings (SSSR count). The third kappa shape index (κ3) is 3.19. The first kappa shape index (κ1) is 10.3. The summed E-state index contributed by atoms with van der Waals surface area (Å²) >= 11 is 3.03. The maximum Gasteiger partial charge on any atom is 0.321 e. The molecular weight excluding hydrogens is 232 g/mol. The quantitative estimate of drug-likeness (QED) is 0.453. The number of carbonyl (C=O) groups is 1. The van der Waals surface area contributed by atoms with Crippen molar-refractivity contribution in [3.63, 3.8) is 0 Å². The van der Waals surface area contributed by atoms with Crippen molar-refractivity contribution in [1.82, 2.24) is 0 Å². The lowest BCUT2D eigenvalue weighted by Crippen LogP contribution is -2.08. The summed E-state index contributed by atoms with van der Waals surface area (Å²) in [4.78, 5) is 10.9. The summed E-state index contributed by atoms with van der Waals surface area (Å²) in [6, 6.07) is 5.71. The number of alkyl halides is 1. The second kappa shape index (κ2) is 4.42. The standard InChI is InChI=1S/C10H11BrO2/c1-7-3-8(2)5-9(4-7)13-10(12)6-11/h3-5H,6H2,1-2H3. The molecule has 0 amide bonds. The van der Waals surface area contributed by atoms with Gasteiger partial charge in [-0.25, -0.2) is 0 Å². The minimum absolute atomic E-state index is 0.222. The summed E-state index contributed by atoms with van der Waals surface area (Å²) in [5.74, 6) is 0.340. The first-order chi connectivity index (χ1) is 6.11. The van der Waals surface area contributed by atoms with E-state index in [1.165, 1.54) is 0 Å². The Morgan fingerprint density at radius 1 is 1.31 bits per heavy atom. The zero-order valence-electron chi connectivity index (χ0n) is 7.63. The van der Waals surface area contributed by atoms with Crippen LogP contribution in [0.5, 0.6) is 5.75 Å². The fourth-order valence-corrected chi connectivity index (χ4v) is 1.27. The van der Waals surface area contributed by atoms with Crippen molar-refractivity contribution in [2.24, 2.45) is 0 Å². The maximum atomic E-state index is 10.9. The lowest BCUT2D eigenvalue weighted by Gasteiger charge is -2.04. The van der Waals surface area contributed by atoms with Crippen LogP contribution in [-0.2, 0) is 4.79 Å². The SMILES string of the molecule is Cc1cc(C)cc(OC(=O)CBr)c1. The van der Waals surface area contributed by atoms with Gasteiger partial charge in [0.2, 0.25) is 0 Å². The number of halogens is 1. The number of aryl methyl sites for hydroxylation is 2. The van der Waals surface area contributed by atoms with Crippen LogP contribution in [0.4, 0.5) is 0 Å². The Hall–Kier alpha value is -0.830. The predicted octanol–water partition coefficient (Wildman–Crippen LogP) is 2.60. The van der Waals surface area contributed by atoms with Gasteiger partial charge in [0, 0.05) is 0 Å². The molecule has 0 fully saturated rings. The van der Waals surface area contributed by atoms with E-state index in [1.54, 1.807) is 0 Å². The molecule has 70 valence electrons. The summed E-state index contributed by atoms with van der Waals surface area (Å²) in [6.07, 6.45) is 0. The van der Waals surface area contributed by atoms with Gasteiger partial charge in [0.15, 0.2) is 0 Å². The highest BCUT2D eigenvalue weighted by Gasteiger charge is 2.02. The van der Waals surface area contributed by atoms with Crippen molar-refractivity contribution in [3.8, 4) is 5.75 Å². The molecule has 0 atom stereocenters. The van der Waals surface area contributed by atoms with Crippen LogP contribution >= 0.6 is 15.9 Å². The normalized spacial score (nSPS) is 9.77. The number of carbonyl (C=O) groups excluding carboxylic acids is 1. The molecule has 13 heavy (non-hydrogen) atoms. The molecule has 0 heterocycles. The Bertz CT molecular complexity index is 300. The average molecular weight is 243 g/mol. The van der Waals surface area contributed by atoms with Crippen LogP contribution in [0, 0.1) is 13.8 Å². The second-order valence-electron chi connectivity index (χ2n) is 2.93. The van der Waals surface area contributed by atoms with Gasteiger partial charge in [0.05, 0.1) is 0 Å². The van der Waals surface area contributed by atoms with E-state index in [1.807, 2.05) is 32.0 Å². The van der Waals surface area contributed by atoms with E-state index in [0.717, 1.165) is 11.1 Å². The number of benzene rings is 1. The monoisotopic (exact) mass is 242 g/mol. The number of esters is 1. The van der Waals surface area contributed by atoms with Gasteiger partial charge in [0.1, 0.15) is 11.1 Å². The molecule has 0 aliphatic carbocycles. The van der Waals surface area contributed by atoms with Crippen LogP contribution in [0.3, 0.4) is 0 Å². The zero-order valence-corrected chi connectivity index (χ0v) is 9.22. The van der Waals surface area contributed by atoms with Crippen LogP contribution in [-0.4, -0.2) is 11.3 Å². The van der Waals surface area contributed by atoms with Crippen molar-refractivity contribution in [3.05, 3.63) is 29.3 Å². The molecule has 0 bridgehead atoms. The molecule has 0 N–H and O–H groups in total. The van der Waals surface area contributed by atoms with E-state index < -0.39 is 0 Å². The smallest absolute Gasteiger partial charge is 0.321 e. The van der Waals surface area contributed by atoms with Gasteiger partial charge < -0.3 is 4.74 Å². The molecule has 0 radical (unpaired) electrons. The van der Waals surface area contributed by atoms with E-state index in [4.69, 9.17) is 4.74 Å². The van der Waals surface area contributed by atoms with E-state index in [9.17, 15) is 4.79 Å². The van der Waals surface area contributed by atoms with Gasteiger partial charge in [-0.2, -0.15) is 0 Å². The molecule has 0 saturated carbocycles. The topological polar surface area (TPSA) is 26.3 Å². The summed E-state index contributed by atoms with van der Waals surface area (Å²) in [6.45, 7) is 3.94. The molecule has 0 spiro atoms. The number of hydrogen-bond donors (Lipinski definition) is 0. The van der Waals surface area contributed by atoms with Crippen molar-refractivity contribution in [2.75, 3.05) is 5.33 Å². The molecule has 1 aromatic rings. The van der Waals surface area contributed by atoms with E-state index in [2.05, 4.69) is 15.9 Å². The van der Waals surface area contributed by atoms with Crippen molar-refractivity contribution >= 4 is 21.9 Å². The maximum absolute atomic E-state index is 10.9. The Morgan fingerprint density at radius 2 is 1.85 bits per heavy atom. The first-order valence-corrected chi connectivity index (χ1v) is 5.09. The molecule has 0 unspecified atom stereocenters. The van der Waals surface area contributed by atoms with Crippen LogP contribution in [0.15, 0.2) is 18.2 Å². The Balaban J connectivity index is 2.83. The van der Waals surface area contributed by atoms with Gasteiger partial charge in [-0.05, 0) is 37.1 Å².